The molecule has 73 heavy (non-hydrogen) atoms. The molecule has 0 aromatic carbocycles. The highest BCUT2D eigenvalue weighted by molar-refractivity contribution is 5.84. The molecule has 1 aliphatic rings. The summed E-state index contributed by atoms with van der Waals surface area (Å²) in [7, 11) is 0. The molecule has 9 atom stereocenters. The summed E-state index contributed by atoms with van der Waals surface area (Å²) in [6, 6.07) is 0. The predicted molar refractivity (Wildman–Crippen MR) is 270 cm³/mol. The van der Waals surface area contributed by atoms with Gasteiger partial charge in [0.1, 0.15) is 38.6 Å². The number of hydrogen-bond donors (Lipinski definition) is 6. The van der Waals surface area contributed by atoms with Crippen LogP contribution in [-0.2, 0) is 57.3 Å². The summed E-state index contributed by atoms with van der Waals surface area (Å²) in [6.07, 6.45) is 13.2. The molecule has 0 radical (unpaired) electrons. The minimum absolute atomic E-state index is 0.0363. The molecule has 0 aliphatic carbocycles. The van der Waals surface area contributed by atoms with Crippen LogP contribution in [-0.4, -0.2) is 142 Å². The Balaban J connectivity index is 2.99. The van der Waals surface area contributed by atoms with Crippen molar-refractivity contribution in [3.8, 4) is 0 Å². The molecule has 19 nitrogen and oxygen atoms in total. The van der Waals surface area contributed by atoms with Crippen LogP contribution >= 0.6 is 0 Å². The van der Waals surface area contributed by atoms with Crippen molar-refractivity contribution in [1.82, 2.24) is 4.90 Å². The maximum absolute atomic E-state index is 13.8. The Labute approximate surface area is 433 Å². The van der Waals surface area contributed by atoms with E-state index in [-0.39, 0.29) is 51.2 Å². The molecule has 1 rings (SSSR count). The standard InChI is InChI=1S/C54H93NO18/c1-9-11-12-13-14-15-16-17-18-19-20-21-22-23-25-39(44(47(64)65)38(4)45(60)61)30-42(46(62)63)37(3)48(66)71-33-41(58)34-72-49(67)52(5,6)35-54(8,51(69)73-32-40(57)31-56)36-53(7,10-2)50(68)70-29-28-55-27-24-26-43(55)59/h37-42,44,56-58H,9-36H2,1-8H3,(H,60,61)(H,62,63)(H,64,65). The van der Waals surface area contributed by atoms with Crippen molar-refractivity contribution in [3.05, 3.63) is 0 Å². The molecule has 1 saturated heterocycles. The number of likely N-dealkylation sites (tertiary alicyclic amines) is 1. The van der Waals surface area contributed by atoms with Crippen LogP contribution in [0.3, 0.4) is 0 Å². The SMILES string of the molecule is CCCCCCCCCCCCCCCCC(CC(C(=O)O)C(C)C(=O)OCC(O)COC(=O)C(C)(C)CC(C)(CC(C)(CC)C(=O)OCCN1CCCC1=O)C(=O)OCC(O)CO)C(C(=O)O)C(C)C(=O)O. The molecule has 1 amide bonds. The number of rotatable bonds is 42. The molecular formula is C54H93NO18. The molecule has 9 unspecified atom stereocenters. The first-order chi connectivity index (χ1) is 34.3. The van der Waals surface area contributed by atoms with Gasteiger partial charge >= 0.3 is 41.8 Å². The third-order valence-electron chi connectivity index (χ3n) is 14.6. The molecule has 1 fully saturated rings. The first-order valence-electron chi connectivity index (χ1n) is 26.9. The van der Waals surface area contributed by atoms with Gasteiger partial charge in [-0.25, -0.2) is 0 Å². The Morgan fingerprint density at radius 2 is 1.12 bits per heavy atom. The van der Waals surface area contributed by atoms with Gasteiger partial charge < -0.3 is 54.5 Å². The molecule has 1 aliphatic heterocycles. The van der Waals surface area contributed by atoms with Gasteiger partial charge in [-0.2, -0.15) is 0 Å². The van der Waals surface area contributed by atoms with Crippen molar-refractivity contribution in [1.29, 1.82) is 0 Å². The summed E-state index contributed by atoms with van der Waals surface area (Å²) >= 11 is 0. The number of aliphatic hydroxyl groups excluding tert-OH is 3. The maximum Gasteiger partial charge on any atom is 0.311 e. The monoisotopic (exact) mass is 1040 g/mol. The number of carbonyl (C=O) groups excluding carboxylic acids is 5. The van der Waals surface area contributed by atoms with Gasteiger partial charge in [-0.15, -0.1) is 0 Å². The summed E-state index contributed by atoms with van der Waals surface area (Å²) in [6.45, 7) is 10.5. The number of esters is 4. The average molecular weight is 1040 g/mol. The zero-order valence-electron chi connectivity index (χ0n) is 45.4. The summed E-state index contributed by atoms with van der Waals surface area (Å²) in [5.74, 6) is -14.1. The van der Waals surface area contributed by atoms with Crippen LogP contribution in [0.5, 0.6) is 0 Å². The second kappa shape index (κ2) is 34.3. The minimum atomic E-state index is -1.60. The van der Waals surface area contributed by atoms with Crippen LogP contribution in [0, 0.1) is 45.8 Å². The quantitative estimate of drug-likeness (QED) is 0.0198. The van der Waals surface area contributed by atoms with Gasteiger partial charge in [0.25, 0.3) is 0 Å². The van der Waals surface area contributed by atoms with E-state index in [1.165, 1.54) is 86.0 Å². The molecule has 0 aromatic heterocycles. The predicted octanol–water partition coefficient (Wildman–Crippen LogP) is 7.36. The van der Waals surface area contributed by atoms with E-state index in [1.54, 1.807) is 18.7 Å². The maximum atomic E-state index is 13.8. The van der Waals surface area contributed by atoms with Crippen molar-refractivity contribution in [2.24, 2.45) is 45.8 Å². The lowest BCUT2D eigenvalue weighted by Crippen LogP contribution is -2.45. The number of nitrogens with zero attached hydrogens (tertiary/aromatic N) is 1. The van der Waals surface area contributed by atoms with E-state index in [2.05, 4.69) is 6.92 Å². The zero-order chi connectivity index (χ0) is 55.4. The number of unbranched alkanes of at least 4 members (excludes halogenated alkanes) is 13. The fraction of sp³-hybridized carbons (Fsp3) is 0.852. The summed E-state index contributed by atoms with van der Waals surface area (Å²) in [5, 5.41) is 60.3. The van der Waals surface area contributed by atoms with Gasteiger partial charge in [-0.3, -0.25) is 38.4 Å². The topological polar surface area (TPSA) is 298 Å². The molecule has 0 saturated carbocycles. The molecule has 0 aromatic rings. The normalized spacial score (nSPS) is 17.5. The second-order valence-electron chi connectivity index (χ2n) is 21.8. The van der Waals surface area contributed by atoms with E-state index >= 15 is 0 Å². The van der Waals surface area contributed by atoms with E-state index in [9.17, 15) is 69.0 Å². The zero-order valence-corrected chi connectivity index (χ0v) is 45.4. The Hall–Kier alpha value is -4.36. The van der Waals surface area contributed by atoms with Crippen LogP contribution in [0.1, 0.15) is 190 Å². The van der Waals surface area contributed by atoms with Gasteiger partial charge in [0.15, 0.2) is 0 Å². The Morgan fingerprint density at radius 1 is 0.616 bits per heavy atom. The Bertz CT molecular complexity index is 1720. The second-order valence-corrected chi connectivity index (χ2v) is 21.8. The highest BCUT2D eigenvalue weighted by Crippen LogP contribution is 2.46. The number of aliphatic hydroxyl groups is 3. The van der Waals surface area contributed by atoms with Gasteiger partial charge in [0.2, 0.25) is 5.91 Å². The lowest BCUT2D eigenvalue weighted by molar-refractivity contribution is -0.172. The van der Waals surface area contributed by atoms with E-state index < -0.39 is 126 Å². The first-order valence-corrected chi connectivity index (χ1v) is 26.9. The molecule has 6 N–H and O–H groups in total. The number of hydrogen-bond acceptors (Lipinski definition) is 15. The minimum Gasteiger partial charge on any atom is -0.481 e. The third-order valence-corrected chi connectivity index (χ3v) is 14.6. The van der Waals surface area contributed by atoms with Gasteiger partial charge in [-0.1, -0.05) is 118 Å². The summed E-state index contributed by atoms with van der Waals surface area (Å²) in [5.41, 5.74) is -4.39. The number of aliphatic carboxylic acids is 3. The van der Waals surface area contributed by atoms with Gasteiger partial charge in [-0.05, 0) is 72.1 Å². The van der Waals surface area contributed by atoms with Gasteiger partial charge in [0.05, 0.1) is 53.1 Å². The molecule has 0 spiro atoms. The number of amides is 1. The highest BCUT2D eigenvalue weighted by Gasteiger charge is 2.50. The number of carbonyl (C=O) groups is 8. The van der Waals surface area contributed by atoms with Crippen molar-refractivity contribution in [2.45, 2.75) is 202 Å². The number of carboxylic acid groups (broad SMARTS) is 3. The van der Waals surface area contributed by atoms with Crippen LogP contribution < -0.4 is 0 Å². The lowest BCUT2D eigenvalue weighted by atomic mass is 9.65. The molecule has 0 bridgehead atoms. The van der Waals surface area contributed by atoms with Crippen molar-refractivity contribution in [3.63, 3.8) is 0 Å². The molecule has 422 valence electrons. The molecular weight excluding hydrogens is 951 g/mol. The summed E-state index contributed by atoms with van der Waals surface area (Å²) < 4.78 is 21.6. The van der Waals surface area contributed by atoms with Crippen LogP contribution in [0.4, 0.5) is 0 Å². The molecule has 19 heteroatoms. The lowest BCUT2D eigenvalue weighted by Gasteiger charge is -2.39. The molecule has 1 heterocycles. The van der Waals surface area contributed by atoms with E-state index in [1.807, 2.05) is 0 Å². The van der Waals surface area contributed by atoms with Crippen molar-refractivity contribution >= 4 is 47.7 Å². The van der Waals surface area contributed by atoms with Gasteiger partial charge in [0, 0.05) is 13.0 Å². The van der Waals surface area contributed by atoms with Crippen molar-refractivity contribution in [2.75, 3.05) is 46.1 Å². The Kier molecular flexibility index (Phi) is 31.3. The van der Waals surface area contributed by atoms with E-state index in [0.29, 0.717) is 25.8 Å². The van der Waals surface area contributed by atoms with Crippen molar-refractivity contribution < 1.29 is 87.9 Å². The van der Waals surface area contributed by atoms with E-state index in [4.69, 9.17) is 18.9 Å². The number of ether oxygens (including phenoxy) is 4. The van der Waals surface area contributed by atoms with E-state index in [0.717, 1.165) is 32.1 Å². The fourth-order valence-electron chi connectivity index (χ4n) is 9.98. The number of carboxylic acids is 3. The first kappa shape index (κ1) is 66.7. The Morgan fingerprint density at radius 3 is 1.60 bits per heavy atom. The average Bonchev–Trinajstić information content (AvgIpc) is 3.75. The fourth-order valence-corrected chi connectivity index (χ4v) is 9.98. The highest BCUT2D eigenvalue weighted by atomic mass is 16.6. The third kappa shape index (κ3) is 24.2. The van der Waals surface area contributed by atoms with Crippen LogP contribution in [0.15, 0.2) is 0 Å². The van der Waals surface area contributed by atoms with Crippen LogP contribution in [0.2, 0.25) is 0 Å². The smallest absolute Gasteiger partial charge is 0.311 e. The van der Waals surface area contributed by atoms with Crippen LogP contribution in [0.25, 0.3) is 0 Å². The summed E-state index contributed by atoms with van der Waals surface area (Å²) in [4.78, 5) is 105. The largest absolute Gasteiger partial charge is 0.481 e.